The zero-order chi connectivity index (χ0) is 14.7. The van der Waals surface area contributed by atoms with Crippen molar-refractivity contribution in [1.82, 2.24) is 9.97 Å². The van der Waals surface area contributed by atoms with Crippen LogP contribution in [0.2, 0.25) is 0 Å². The third-order valence-electron chi connectivity index (χ3n) is 2.47. The number of amides is 1. The van der Waals surface area contributed by atoms with Gasteiger partial charge in [-0.15, -0.1) is 0 Å². The average Bonchev–Trinajstić information content (AvgIpc) is 2.41. The Bertz CT molecular complexity index is 671. The first-order valence-corrected chi connectivity index (χ1v) is 6.68. The van der Waals surface area contributed by atoms with Gasteiger partial charge in [0.2, 0.25) is 0 Å². The van der Waals surface area contributed by atoms with Crippen LogP contribution < -0.4 is 5.32 Å². The first kappa shape index (κ1) is 14.4. The van der Waals surface area contributed by atoms with E-state index in [4.69, 9.17) is 5.11 Å². The van der Waals surface area contributed by atoms with E-state index < -0.39 is 11.9 Å². The Morgan fingerprint density at radius 3 is 2.60 bits per heavy atom. The molecule has 0 fully saturated rings. The predicted molar refractivity (Wildman–Crippen MR) is 80.8 cm³/mol. The summed E-state index contributed by atoms with van der Waals surface area (Å²) in [5.74, 6) is -1.60. The van der Waals surface area contributed by atoms with Crippen molar-refractivity contribution >= 4 is 40.2 Å². The van der Waals surface area contributed by atoms with Crippen LogP contribution in [0.4, 0.5) is 5.69 Å². The summed E-state index contributed by atoms with van der Waals surface area (Å²) in [5.41, 5.74) is 1.09. The van der Waals surface area contributed by atoms with Gasteiger partial charge in [0.25, 0.3) is 5.91 Å². The molecule has 0 unspecified atom stereocenters. The molecule has 0 radical (unpaired) electrons. The zero-order valence-corrected chi connectivity index (χ0v) is 12.6. The minimum Gasteiger partial charge on any atom is -0.478 e. The van der Waals surface area contributed by atoms with Crippen LogP contribution in [0.25, 0.3) is 0 Å². The maximum atomic E-state index is 12.0. The van der Waals surface area contributed by atoms with E-state index in [1.807, 2.05) is 22.6 Å². The van der Waals surface area contributed by atoms with Gasteiger partial charge in [-0.2, -0.15) is 0 Å². The molecule has 1 amide bonds. The van der Waals surface area contributed by atoms with E-state index in [1.165, 1.54) is 18.5 Å². The number of hydrogen-bond acceptors (Lipinski definition) is 4. The molecule has 1 aromatic carbocycles. The molecular formula is C13H10IN3O3. The van der Waals surface area contributed by atoms with E-state index in [0.29, 0.717) is 5.69 Å². The van der Waals surface area contributed by atoms with Gasteiger partial charge in [-0.1, -0.05) is 0 Å². The Morgan fingerprint density at radius 1 is 1.25 bits per heavy atom. The van der Waals surface area contributed by atoms with Gasteiger partial charge in [0, 0.05) is 9.77 Å². The summed E-state index contributed by atoms with van der Waals surface area (Å²) in [7, 11) is 0. The van der Waals surface area contributed by atoms with Gasteiger partial charge >= 0.3 is 5.97 Å². The number of hydrogen-bond donors (Lipinski definition) is 2. The van der Waals surface area contributed by atoms with Crippen molar-refractivity contribution in [2.45, 2.75) is 6.92 Å². The van der Waals surface area contributed by atoms with Gasteiger partial charge in [0.15, 0.2) is 0 Å². The molecule has 0 aliphatic carbocycles. The Morgan fingerprint density at radius 2 is 2.00 bits per heavy atom. The Balaban J connectivity index is 2.28. The van der Waals surface area contributed by atoms with Crippen LogP contribution in [-0.2, 0) is 0 Å². The van der Waals surface area contributed by atoms with Crippen molar-refractivity contribution in [1.29, 1.82) is 0 Å². The van der Waals surface area contributed by atoms with E-state index in [-0.39, 0.29) is 16.9 Å². The molecule has 0 saturated heterocycles. The van der Waals surface area contributed by atoms with Crippen molar-refractivity contribution < 1.29 is 14.7 Å². The summed E-state index contributed by atoms with van der Waals surface area (Å²) in [4.78, 5) is 31.0. The molecule has 0 aliphatic rings. The molecule has 1 aromatic heterocycles. The van der Waals surface area contributed by atoms with Gasteiger partial charge in [0.1, 0.15) is 5.69 Å². The largest absolute Gasteiger partial charge is 0.478 e. The van der Waals surface area contributed by atoms with E-state index in [9.17, 15) is 9.59 Å². The fourth-order valence-corrected chi connectivity index (χ4v) is 1.99. The lowest BCUT2D eigenvalue weighted by atomic mass is 10.2. The summed E-state index contributed by atoms with van der Waals surface area (Å²) in [6.45, 7) is 1.76. The number of carbonyl (C=O) groups is 2. The highest BCUT2D eigenvalue weighted by Crippen LogP contribution is 2.19. The van der Waals surface area contributed by atoms with E-state index in [0.717, 1.165) is 3.57 Å². The Hall–Kier alpha value is -2.03. The van der Waals surface area contributed by atoms with Crippen LogP contribution in [-0.4, -0.2) is 27.0 Å². The normalized spacial score (nSPS) is 10.1. The zero-order valence-electron chi connectivity index (χ0n) is 10.4. The van der Waals surface area contributed by atoms with E-state index >= 15 is 0 Å². The summed E-state index contributed by atoms with van der Waals surface area (Å²) >= 11 is 2.01. The fourth-order valence-electron chi connectivity index (χ4n) is 1.50. The van der Waals surface area contributed by atoms with Crippen molar-refractivity contribution in [3.8, 4) is 0 Å². The number of aryl methyl sites for hydroxylation is 1. The molecule has 1 heterocycles. The van der Waals surface area contributed by atoms with Crippen LogP contribution in [0.1, 0.15) is 26.5 Å². The second-order valence-corrected chi connectivity index (χ2v) is 5.24. The lowest BCUT2D eigenvalue weighted by molar-refractivity contribution is 0.0698. The second kappa shape index (κ2) is 5.95. The number of aromatic carboxylic acids is 1. The molecule has 2 aromatic rings. The number of carboxylic acids is 1. The Kier molecular flexibility index (Phi) is 4.28. The maximum absolute atomic E-state index is 12.0. The first-order chi connectivity index (χ1) is 9.47. The first-order valence-electron chi connectivity index (χ1n) is 5.60. The minimum absolute atomic E-state index is 0.0327. The molecule has 6 nitrogen and oxygen atoms in total. The van der Waals surface area contributed by atoms with Gasteiger partial charge in [-0.3, -0.25) is 9.78 Å². The maximum Gasteiger partial charge on any atom is 0.337 e. The molecule has 20 heavy (non-hydrogen) atoms. The summed E-state index contributed by atoms with van der Waals surface area (Å²) < 4.78 is 0.771. The van der Waals surface area contributed by atoms with Crippen LogP contribution in [0.15, 0.2) is 30.6 Å². The number of anilines is 1. The highest BCUT2D eigenvalue weighted by Gasteiger charge is 2.14. The van der Waals surface area contributed by atoms with Crippen LogP contribution in [0.5, 0.6) is 0 Å². The lowest BCUT2D eigenvalue weighted by Gasteiger charge is -2.08. The number of benzene rings is 1. The van der Waals surface area contributed by atoms with Crippen molar-refractivity contribution in [3.63, 3.8) is 0 Å². The topological polar surface area (TPSA) is 92.2 Å². The van der Waals surface area contributed by atoms with Crippen molar-refractivity contribution in [2.24, 2.45) is 0 Å². The molecule has 7 heteroatoms. The molecule has 0 spiro atoms. The molecule has 0 saturated carbocycles. The SMILES string of the molecule is Cc1cnc(C(=O)Nc2ccc(I)cc2C(=O)O)cn1. The molecule has 0 aliphatic heterocycles. The summed E-state index contributed by atoms with van der Waals surface area (Å²) in [5, 5.41) is 11.7. The number of nitrogens with one attached hydrogen (secondary N) is 1. The van der Waals surface area contributed by atoms with Gasteiger partial charge in [-0.25, -0.2) is 9.78 Å². The monoisotopic (exact) mass is 383 g/mol. The summed E-state index contributed by atoms with van der Waals surface area (Å²) in [6, 6.07) is 4.74. The number of carbonyl (C=O) groups excluding carboxylic acids is 1. The Labute approximate surface area is 128 Å². The molecule has 2 rings (SSSR count). The number of rotatable bonds is 3. The third kappa shape index (κ3) is 3.29. The van der Waals surface area contributed by atoms with E-state index in [2.05, 4.69) is 15.3 Å². The third-order valence-corrected chi connectivity index (χ3v) is 3.14. The number of nitrogens with zero attached hydrogens (tertiary/aromatic N) is 2. The predicted octanol–water partition coefficient (Wildman–Crippen LogP) is 2.34. The smallest absolute Gasteiger partial charge is 0.337 e. The van der Waals surface area contributed by atoms with Crippen LogP contribution in [0, 0.1) is 10.5 Å². The quantitative estimate of drug-likeness (QED) is 0.794. The lowest BCUT2D eigenvalue weighted by Crippen LogP contribution is -2.16. The number of aromatic nitrogens is 2. The number of carboxylic acid groups (broad SMARTS) is 1. The second-order valence-electron chi connectivity index (χ2n) is 3.99. The molecular weight excluding hydrogens is 373 g/mol. The molecule has 2 N–H and O–H groups in total. The average molecular weight is 383 g/mol. The molecule has 102 valence electrons. The van der Waals surface area contributed by atoms with Crippen molar-refractivity contribution in [2.75, 3.05) is 5.32 Å². The number of halogens is 1. The van der Waals surface area contributed by atoms with Crippen LogP contribution >= 0.6 is 22.6 Å². The highest BCUT2D eigenvalue weighted by atomic mass is 127. The molecule has 0 bridgehead atoms. The minimum atomic E-state index is -1.10. The standard InChI is InChI=1S/C13H10IN3O3/c1-7-5-16-11(6-15-7)12(18)17-10-3-2-8(14)4-9(10)13(19)20/h2-6H,1H3,(H,17,18)(H,19,20). The van der Waals surface area contributed by atoms with Gasteiger partial charge in [0.05, 0.1) is 23.1 Å². The van der Waals surface area contributed by atoms with Gasteiger partial charge < -0.3 is 10.4 Å². The van der Waals surface area contributed by atoms with Gasteiger partial charge in [-0.05, 0) is 47.7 Å². The van der Waals surface area contributed by atoms with Crippen molar-refractivity contribution in [3.05, 3.63) is 51.1 Å². The fraction of sp³-hybridized carbons (Fsp3) is 0.0769. The molecule has 0 atom stereocenters. The summed E-state index contributed by atoms with van der Waals surface area (Å²) in [6.07, 6.45) is 2.82. The van der Waals surface area contributed by atoms with E-state index in [1.54, 1.807) is 19.1 Å². The van der Waals surface area contributed by atoms with Crippen LogP contribution in [0.3, 0.4) is 0 Å². The highest BCUT2D eigenvalue weighted by molar-refractivity contribution is 14.1.